The first-order chi connectivity index (χ1) is 11.5. The summed E-state index contributed by atoms with van der Waals surface area (Å²) in [6.07, 6.45) is 0.722. The molecule has 1 fully saturated rings. The molecule has 2 heterocycles. The fraction of sp³-hybridized carbons (Fsp3) is 0.471. The van der Waals surface area contributed by atoms with Gasteiger partial charge in [0, 0.05) is 32.0 Å². The Balaban J connectivity index is 1.58. The zero-order chi connectivity index (χ0) is 17.1. The van der Waals surface area contributed by atoms with Gasteiger partial charge in [-0.05, 0) is 25.5 Å². The van der Waals surface area contributed by atoms with Gasteiger partial charge in [0.25, 0.3) is 5.91 Å². The molecule has 2 atom stereocenters. The Morgan fingerprint density at radius 3 is 2.92 bits per heavy atom. The van der Waals surface area contributed by atoms with Gasteiger partial charge in [-0.2, -0.15) is 0 Å². The normalized spacial score (nSPS) is 23.1. The number of amides is 3. The lowest BCUT2D eigenvalue weighted by Crippen LogP contribution is -2.49. The van der Waals surface area contributed by atoms with E-state index in [9.17, 15) is 14.4 Å². The van der Waals surface area contributed by atoms with E-state index in [-0.39, 0.29) is 30.2 Å². The molecule has 7 nitrogen and oxygen atoms in total. The van der Waals surface area contributed by atoms with E-state index in [2.05, 4.69) is 10.6 Å². The predicted molar refractivity (Wildman–Crippen MR) is 87.7 cm³/mol. The number of fused-ring (bicyclic) bond motifs is 1. The number of para-hydroxylation sites is 2. The number of nitrogens with zero attached hydrogens (tertiary/aromatic N) is 1. The van der Waals surface area contributed by atoms with Crippen LogP contribution in [0.2, 0.25) is 0 Å². The van der Waals surface area contributed by atoms with Crippen molar-refractivity contribution in [2.45, 2.75) is 38.3 Å². The summed E-state index contributed by atoms with van der Waals surface area (Å²) in [5, 5.41) is 5.64. The van der Waals surface area contributed by atoms with Gasteiger partial charge in [-0.15, -0.1) is 0 Å². The second-order valence-corrected chi connectivity index (χ2v) is 6.07. The Morgan fingerprint density at radius 1 is 1.38 bits per heavy atom. The minimum atomic E-state index is -0.559. The average molecular weight is 331 g/mol. The third kappa shape index (κ3) is 3.50. The second-order valence-electron chi connectivity index (χ2n) is 6.07. The summed E-state index contributed by atoms with van der Waals surface area (Å²) < 4.78 is 5.58. The maximum absolute atomic E-state index is 12.3. The first kappa shape index (κ1) is 16.3. The molecule has 24 heavy (non-hydrogen) atoms. The van der Waals surface area contributed by atoms with Crippen molar-refractivity contribution in [1.82, 2.24) is 10.6 Å². The second kappa shape index (κ2) is 6.90. The van der Waals surface area contributed by atoms with Crippen LogP contribution in [0.15, 0.2) is 24.3 Å². The van der Waals surface area contributed by atoms with Crippen LogP contribution in [-0.2, 0) is 14.4 Å². The van der Waals surface area contributed by atoms with Crippen LogP contribution in [0.1, 0.15) is 26.2 Å². The summed E-state index contributed by atoms with van der Waals surface area (Å²) in [5.74, 6) is 0.400. The number of rotatable bonds is 4. The number of anilines is 1. The van der Waals surface area contributed by atoms with E-state index in [1.54, 1.807) is 11.8 Å². The Bertz CT molecular complexity index is 651. The summed E-state index contributed by atoms with van der Waals surface area (Å²) in [7, 11) is 0. The molecule has 1 aromatic rings. The smallest absolute Gasteiger partial charge is 0.267 e. The highest BCUT2D eigenvalue weighted by molar-refractivity contribution is 6.00. The van der Waals surface area contributed by atoms with Gasteiger partial charge in [-0.25, -0.2) is 0 Å². The van der Waals surface area contributed by atoms with E-state index in [0.717, 1.165) is 0 Å². The van der Waals surface area contributed by atoms with E-state index in [0.29, 0.717) is 37.4 Å². The lowest BCUT2D eigenvalue weighted by atomic mass is 10.1. The van der Waals surface area contributed by atoms with Crippen molar-refractivity contribution in [2.24, 2.45) is 0 Å². The number of carbonyl (C=O) groups excluding carboxylic acids is 3. The average Bonchev–Trinajstić information content (AvgIpc) is 2.57. The molecule has 1 saturated heterocycles. The molecule has 0 spiro atoms. The third-order valence-electron chi connectivity index (χ3n) is 4.27. The van der Waals surface area contributed by atoms with Crippen LogP contribution in [0.4, 0.5) is 5.69 Å². The fourth-order valence-electron chi connectivity index (χ4n) is 2.96. The maximum atomic E-state index is 12.3. The monoisotopic (exact) mass is 331 g/mol. The van der Waals surface area contributed by atoms with Crippen LogP contribution in [0, 0.1) is 0 Å². The van der Waals surface area contributed by atoms with Crippen molar-refractivity contribution in [3.63, 3.8) is 0 Å². The van der Waals surface area contributed by atoms with Gasteiger partial charge in [0.2, 0.25) is 11.8 Å². The molecule has 128 valence electrons. The van der Waals surface area contributed by atoms with Crippen LogP contribution in [-0.4, -0.2) is 43.0 Å². The van der Waals surface area contributed by atoms with Crippen LogP contribution in [0.5, 0.6) is 5.75 Å². The van der Waals surface area contributed by atoms with E-state index >= 15 is 0 Å². The highest BCUT2D eigenvalue weighted by Crippen LogP contribution is 2.33. The zero-order valence-electron chi connectivity index (χ0n) is 13.6. The molecule has 2 N–H and O–H groups in total. The lowest BCUT2D eigenvalue weighted by molar-refractivity contribution is -0.126. The first-order valence-electron chi connectivity index (χ1n) is 8.17. The molecular weight excluding hydrogens is 310 g/mol. The maximum Gasteiger partial charge on any atom is 0.267 e. The number of ether oxygens (including phenoxy) is 1. The van der Waals surface area contributed by atoms with Gasteiger partial charge in [-0.1, -0.05) is 12.1 Å². The van der Waals surface area contributed by atoms with Gasteiger partial charge in [0.1, 0.15) is 5.75 Å². The molecule has 0 aromatic heterocycles. The van der Waals surface area contributed by atoms with Crippen molar-refractivity contribution in [3.8, 4) is 5.75 Å². The van der Waals surface area contributed by atoms with Crippen molar-refractivity contribution in [1.29, 1.82) is 0 Å². The van der Waals surface area contributed by atoms with Gasteiger partial charge >= 0.3 is 0 Å². The molecule has 7 heteroatoms. The van der Waals surface area contributed by atoms with Crippen LogP contribution in [0.25, 0.3) is 0 Å². The lowest BCUT2D eigenvalue weighted by Gasteiger charge is -2.33. The van der Waals surface area contributed by atoms with Gasteiger partial charge in [-0.3, -0.25) is 14.4 Å². The highest BCUT2D eigenvalue weighted by atomic mass is 16.5. The van der Waals surface area contributed by atoms with Gasteiger partial charge < -0.3 is 20.3 Å². The quantitative estimate of drug-likeness (QED) is 0.845. The SMILES string of the molecule is C[C@@H]1Oc2ccccc2N(CCC(=O)N[C@@H]2CCC(=O)NC2)C1=O. The number of carbonyl (C=O) groups is 3. The van der Waals surface area contributed by atoms with Crippen LogP contribution >= 0.6 is 0 Å². The van der Waals surface area contributed by atoms with Crippen molar-refractivity contribution in [2.75, 3.05) is 18.0 Å². The Kier molecular flexibility index (Phi) is 4.69. The van der Waals surface area contributed by atoms with Crippen LogP contribution in [0.3, 0.4) is 0 Å². The molecule has 2 aliphatic rings. The highest BCUT2D eigenvalue weighted by Gasteiger charge is 2.31. The zero-order valence-corrected chi connectivity index (χ0v) is 13.6. The van der Waals surface area contributed by atoms with E-state index in [1.807, 2.05) is 24.3 Å². The molecule has 0 unspecified atom stereocenters. The van der Waals surface area contributed by atoms with Crippen molar-refractivity contribution >= 4 is 23.4 Å². The Hall–Kier alpha value is -2.57. The van der Waals surface area contributed by atoms with Crippen LogP contribution < -0.4 is 20.3 Å². The predicted octanol–water partition coefficient (Wildman–Crippen LogP) is 0.585. The van der Waals surface area contributed by atoms with Gasteiger partial charge in [0.15, 0.2) is 6.10 Å². The molecule has 2 aliphatic heterocycles. The largest absolute Gasteiger partial charge is 0.479 e. The van der Waals surface area contributed by atoms with Gasteiger partial charge in [0.05, 0.1) is 5.69 Å². The van der Waals surface area contributed by atoms with E-state index < -0.39 is 6.10 Å². The number of benzene rings is 1. The van der Waals surface area contributed by atoms with E-state index in [1.165, 1.54) is 0 Å². The van der Waals surface area contributed by atoms with Crippen molar-refractivity contribution < 1.29 is 19.1 Å². The number of hydrogen-bond donors (Lipinski definition) is 2. The molecule has 3 rings (SSSR count). The Labute approximate surface area is 140 Å². The topological polar surface area (TPSA) is 87.7 Å². The molecule has 0 aliphatic carbocycles. The first-order valence-corrected chi connectivity index (χ1v) is 8.17. The summed E-state index contributed by atoms with van der Waals surface area (Å²) >= 11 is 0. The fourth-order valence-corrected chi connectivity index (χ4v) is 2.96. The number of piperidine rings is 1. The summed E-state index contributed by atoms with van der Waals surface area (Å²) in [5.41, 5.74) is 0.693. The van der Waals surface area contributed by atoms with Crippen molar-refractivity contribution in [3.05, 3.63) is 24.3 Å². The number of hydrogen-bond acceptors (Lipinski definition) is 4. The Morgan fingerprint density at radius 2 is 2.17 bits per heavy atom. The molecule has 3 amide bonds. The molecule has 0 radical (unpaired) electrons. The van der Waals surface area contributed by atoms with E-state index in [4.69, 9.17) is 4.74 Å². The molecule has 1 aromatic carbocycles. The summed E-state index contributed by atoms with van der Waals surface area (Å²) in [6, 6.07) is 7.28. The number of nitrogens with one attached hydrogen (secondary N) is 2. The molecule has 0 bridgehead atoms. The molecule has 0 saturated carbocycles. The minimum Gasteiger partial charge on any atom is -0.479 e. The minimum absolute atomic E-state index is 0.0185. The summed E-state index contributed by atoms with van der Waals surface area (Å²) in [6.45, 7) is 2.46. The third-order valence-corrected chi connectivity index (χ3v) is 4.27. The summed E-state index contributed by atoms with van der Waals surface area (Å²) in [4.78, 5) is 37.2. The molecular formula is C17H21N3O4. The standard InChI is InChI=1S/C17H21N3O4/c1-11-17(23)20(13-4-2-3-5-14(13)24-11)9-8-16(22)19-12-6-7-15(21)18-10-12/h2-5,11-12H,6-10H2,1H3,(H,18,21)(H,19,22)/t11-,12+/m0/s1.